The van der Waals surface area contributed by atoms with Crippen LogP contribution in [0.1, 0.15) is 201 Å². The molecule has 0 aromatic carbocycles. The van der Waals surface area contributed by atoms with E-state index >= 15 is 0 Å². The van der Waals surface area contributed by atoms with Crippen LogP contribution < -0.4 is 0 Å². The Hall–Kier alpha value is -5.23. The number of rotatable bonds is 47. The van der Waals surface area contributed by atoms with Crippen LogP contribution in [-0.2, 0) is 28.6 Å². The highest BCUT2D eigenvalue weighted by molar-refractivity contribution is 5.71. The largest absolute Gasteiger partial charge is 0.462 e. The third-order valence-corrected chi connectivity index (χ3v) is 10.7. The van der Waals surface area contributed by atoms with Crippen LogP contribution in [0.4, 0.5) is 0 Å². The molecule has 0 fully saturated rings. The van der Waals surface area contributed by atoms with E-state index < -0.39 is 12.1 Å². The SMILES string of the molecule is CC/C=C\C/C=C\C/C=C\C/C=C\C/C=C\CCCCCCCC(=O)OCC(COC(=O)CCCC/C=C\C/C=C\C/C=C\C/C=C\CC)OC(=O)CCC/C=C\C/C=C\C/C=C\C/C=C\C/C=C\CC. The molecule has 0 aliphatic rings. The molecular formula is C65H98O6. The number of allylic oxidation sites excluding steroid dienone is 28. The first-order valence-corrected chi connectivity index (χ1v) is 27.6. The molecule has 0 aromatic heterocycles. The van der Waals surface area contributed by atoms with E-state index in [-0.39, 0.29) is 38.0 Å². The summed E-state index contributed by atoms with van der Waals surface area (Å²) in [5.41, 5.74) is 0. The Bertz CT molecular complexity index is 1690. The van der Waals surface area contributed by atoms with Crippen molar-refractivity contribution >= 4 is 17.9 Å². The molecule has 394 valence electrons. The van der Waals surface area contributed by atoms with Crippen LogP contribution in [-0.4, -0.2) is 37.2 Å². The standard InChI is InChI=1S/C65H98O6/c1-4-7-10-13-16-19-22-25-28-30-31-32-33-35-37-40-43-46-49-52-55-58-64(67)70-61-62(60-69-63(66)57-54-51-48-45-42-39-36-27-24-21-18-15-12-9-6-3)71-65(68)59-56-53-50-47-44-41-38-34-29-26-23-20-17-14-11-8-5-2/h7-12,16-21,25-29,31-32,35-38,41-42,45,47,50,62H,4-6,13-15,22-24,30,33-34,39-40,43-44,46,48-49,51-61H2,1-3H3/b10-7-,11-8-,12-9-,19-16-,20-17-,21-18-,28-25-,29-26-,32-31-,36-27-,37-35-,41-38-,45-42-,50-47-. The smallest absolute Gasteiger partial charge is 0.306 e. The minimum atomic E-state index is -0.843. The Morgan fingerprint density at radius 3 is 0.859 bits per heavy atom. The topological polar surface area (TPSA) is 78.9 Å². The van der Waals surface area contributed by atoms with Crippen molar-refractivity contribution < 1.29 is 28.6 Å². The van der Waals surface area contributed by atoms with Crippen molar-refractivity contribution in [2.75, 3.05) is 13.2 Å². The second kappa shape index (κ2) is 57.3. The van der Waals surface area contributed by atoms with E-state index in [1.165, 1.54) is 0 Å². The Balaban J connectivity index is 4.60. The van der Waals surface area contributed by atoms with Gasteiger partial charge in [0.1, 0.15) is 13.2 Å². The zero-order valence-corrected chi connectivity index (χ0v) is 44.9. The van der Waals surface area contributed by atoms with Crippen LogP contribution in [0.15, 0.2) is 170 Å². The van der Waals surface area contributed by atoms with Crippen molar-refractivity contribution in [2.45, 2.75) is 207 Å². The van der Waals surface area contributed by atoms with E-state index in [0.29, 0.717) is 19.3 Å². The van der Waals surface area contributed by atoms with Crippen LogP contribution in [0.3, 0.4) is 0 Å². The van der Waals surface area contributed by atoms with Gasteiger partial charge in [-0.05, 0) is 141 Å². The maximum absolute atomic E-state index is 12.8. The maximum atomic E-state index is 12.8. The number of carbonyl (C=O) groups is 3. The lowest BCUT2D eigenvalue weighted by molar-refractivity contribution is -0.167. The summed E-state index contributed by atoms with van der Waals surface area (Å²) >= 11 is 0. The number of unbranched alkanes of at least 4 members (excludes halogenated alkanes) is 8. The van der Waals surface area contributed by atoms with E-state index in [9.17, 15) is 14.4 Å². The Labute approximate surface area is 434 Å². The van der Waals surface area contributed by atoms with Crippen molar-refractivity contribution in [3.8, 4) is 0 Å². The number of hydrogen-bond donors (Lipinski definition) is 0. The number of esters is 3. The van der Waals surface area contributed by atoms with Gasteiger partial charge in [0.05, 0.1) is 0 Å². The summed E-state index contributed by atoms with van der Waals surface area (Å²) in [6.07, 6.45) is 84.9. The molecular weight excluding hydrogens is 877 g/mol. The van der Waals surface area contributed by atoms with E-state index in [0.717, 1.165) is 148 Å². The predicted octanol–water partition coefficient (Wildman–Crippen LogP) is 18.8. The lowest BCUT2D eigenvalue weighted by atomic mass is 10.1. The molecule has 6 heteroatoms. The van der Waals surface area contributed by atoms with Crippen molar-refractivity contribution in [3.63, 3.8) is 0 Å². The van der Waals surface area contributed by atoms with Crippen molar-refractivity contribution in [2.24, 2.45) is 0 Å². The van der Waals surface area contributed by atoms with Gasteiger partial charge in [-0.25, -0.2) is 0 Å². The molecule has 71 heavy (non-hydrogen) atoms. The van der Waals surface area contributed by atoms with Gasteiger partial charge in [-0.15, -0.1) is 0 Å². The fourth-order valence-corrected chi connectivity index (χ4v) is 6.67. The monoisotopic (exact) mass is 975 g/mol. The summed E-state index contributed by atoms with van der Waals surface area (Å²) in [5.74, 6) is -1.07. The van der Waals surface area contributed by atoms with Crippen LogP contribution in [0, 0.1) is 0 Å². The normalized spacial score (nSPS) is 13.5. The van der Waals surface area contributed by atoms with Gasteiger partial charge >= 0.3 is 17.9 Å². The summed E-state index contributed by atoms with van der Waals surface area (Å²) in [4.78, 5) is 38.1. The average molecular weight is 975 g/mol. The molecule has 0 aliphatic heterocycles. The van der Waals surface area contributed by atoms with Crippen LogP contribution in [0.5, 0.6) is 0 Å². The predicted molar refractivity (Wildman–Crippen MR) is 306 cm³/mol. The van der Waals surface area contributed by atoms with Gasteiger partial charge in [0.25, 0.3) is 0 Å². The Kier molecular flexibility index (Phi) is 53.1. The van der Waals surface area contributed by atoms with Gasteiger partial charge in [-0.3, -0.25) is 14.4 Å². The first kappa shape index (κ1) is 65.8. The molecule has 0 N–H and O–H groups in total. The first-order chi connectivity index (χ1) is 35.0. The fourth-order valence-electron chi connectivity index (χ4n) is 6.67. The molecule has 1 atom stereocenters. The highest BCUT2D eigenvalue weighted by Gasteiger charge is 2.19. The molecule has 0 amide bonds. The average Bonchev–Trinajstić information content (AvgIpc) is 3.37. The molecule has 1 unspecified atom stereocenters. The number of ether oxygens (including phenoxy) is 3. The molecule has 0 bridgehead atoms. The lowest BCUT2D eigenvalue weighted by Gasteiger charge is -2.18. The molecule has 0 aromatic rings. The summed E-state index contributed by atoms with van der Waals surface area (Å²) in [7, 11) is 0. The van der Waals surface area contributed by atoms with E-state index in [2.05, 4.69) is 191 Å². The van der Waals surface area contributed by atoms with Crippen molar-refractivity contribution in [1.29, 1.82) is 0 Å². The van der Waals surface area contributed by atoms with Gasteiger partial charge in [0, 0.05) is 19.3 Å². The molecule has 0 radical (unpaired) electrons. The van der Waals surface area contributed by atoms with Gasteiger partial charge in [-0.2, -0.15) is 0 Å². The summed E-state index contributed by atoms with van der Waals surface area (Å²) in [6.45, 7) is 6.17. The second-order valence-electron chi connectivity index (χ2n) is 17.3. The third kappa shape index (κ3) is 55.6. The van der Waals surface area contributed by atoms with Crippen LogP contribution in [0.25, 0.3) is 0 Å². The molecule has 6 nitrogen and oxygen atoms in total. The quantitative estimate of drug-likeness (QED) is 0.0262. The lowest BCUT2D eigenvalue weighted by Crippen LogP contribution is -2.30. The highest BCUT2D eigenvalue weighted by Crippen LogP contribution is 2.11. The van der Waals surface area contributed by atoms with Gasteiger partial charge < -0.3 is 14.2 Å². The Morgan fingerprint density at radius 2 is 0.521 bits per heavy atom. The minimum Gasteiger partial charge on any atom is -0.462 e. The zero-order chi connectivity index (χ0) is 51.4. The Morgan fingerprint density at radius 1 is 0.282 bits per heavy atom. The van der Waals surface area contributed by atoms with Gasteiger partial charge in [0.15, 0.2) is 6.10 Å². The van der Waals surface area contributed by atoms with Gasteiger partial charge in [-0.1, -0.05) is 210 Å². The third-order valence-electron chi connectivity index (χ3n) is 10.7. The fraction of sp³-hybridized carbons (Fsp3) is 0.523. The molecule has 0 saturated carbocycles. The van der Waals surface area contributed by atoms with Crippen molar-refractivity contribution in [3.05, 3.63) is 170 Å². The van der Waals surface area contributed by atoms with Crippen LogP contribution in [0.2, 0.25) is 0 Å². The van der Waals surface area contributed by atoms with Crippen molar-refractivity contribution in [1.82, 2.24) is 0 Å². The molecule has 0 rings (SSSR count). The molecule has 0 spiro atoms. The summed E-state index contributed by atoms with van der Waals surface area (Å²) in [5, 5.41) is 0. The zero-order valence-electron chi connectivity index (χ0n) is 44.9. The number of carbonyl (C=O) groups excluding carboxylic acids is 3. The maximum Gasteiger partial charge on any atom is 0.306 e. The first-order valence-electron chi connectivity index (χ1n) is 27.6. The van der Waals surface area contributed by atoms with Gasteiger partial charge in [0.2, 0.25) is 0 Å². The molecule has 0 aliphatic carbocycles. The second-order valence-corrected chi connectivity index (χ2v) is 17.3. The number of hydrogen-bond acceptors (Lipinski definition) is 6. The van der Waals surface area contributed by atoms with Crippen LogP contribution >= 0.6 is 0 Å². The molecule has 0 saturated heterocycles. The molecule has 0 heterocycles. The van der Waals surface area contributed by atoms with E-state index in [1.54, 1.807) is 0 Å². The minimum absolute atomic E-state index is 0.133. The summed E-state index contributed by atoms with van der Waals surface area (Å²) < 4.78 is 16.7. The highest BCUT2D eigenvalue weighted by atomic mass is 16.6. The van der Waals surface area contributed by atoms with E-state index in [4.69, 9.17) is 14.2 Å². The van der Waals surface area contributed by atoms with E-state index in [1.807, 2.05) is 0 Å². The summed E-state index contributed by atoms with van der Waals surface area (Å²) in [6, 6.07) is 0.